The van der Waals surface area contributed by atoms with E-state index in [9.17, 15) is 18.0 Å². The zero-order valence-corrected chi connectivity index (χ0v) is 22.5. The van der Waals surface area contributed by atoms with Gasteiger partial charge in [-0.05, 0) is 87.3 Å². The van der Waals surface area contributed by atoms with Gasteiger partial charge >= 0.3 is 0 Å². The summed E-state index contributed by atoms with van der Waals surface area (Å²) < 4.78 is 40.9. The van der Waals surface area contributed by atoms with Gasteiger partial charge in [0.25, 0.3) is 5.91 Å². The number of rotatable bonds is 7. The molecule has 2 heterocycles. The summed E-state index contributed by atoms with van der Waals surface area (Å²) in [6, 6.07) is 11.3. The van der Waals surface area contributed by atoms with E-state index in [-0.39, 0.29) is 34.1 Å². The molecule has 2 amide bonds. The van der Waals surface area contributed by atoms with Crippen molar-refractivity contribution >= 4 is 27.5 Å². The van der Waals surface area contributed by atoms with Crippen molar-refractivity contribution in [1.29, 1.82) is 0 Å². The third kappa shape index (κ3) is 4.34. The number of halogens is 1. The molecule has 7 nitrogen and oxygen atoms in total. The van der Waals surface area contributed by atoms with Crippen LogP contribution in [0.25, 0.3) is 11.1 Å². The average Bonchev–Trinajstić information content (AvgIpc) is 3.82. The van der Waals surface area contributed by atoms with Gasteiger partial charge in [0.1, 0.15) is 17.2 Å². The highest BCUT2D eigenvalue weighted by atomic mass is 32.2. The zero-order chi connectivity index (χ0) is 26.8. The molecule has 2 aliphatic heterocycles. The second kappa shape index (κ2) is 9.00. The molecule has 0 radical (unpaired) electrons. The maximum Gasteiger partial charge on any atom is 0.256 e. The largest absolute Gasteiger partial charge is 0.342 e. The highest BCUT2D eigenvalue weighted by molar-refractivity contribution is 7.92. The Hall–Kier alpha value is -3.07. The van der Waals surface area contributed by atoms with Crippen molar-refractivity contribution in [3.8, 4) is 11.1 Å². The normalized spacial score (nSPS) is 22.5. The molecular weight excluding hydrogens is 505 g/mol. The fourth-order valence-corrected chi connectivity index (χ4v) is 6.61. The summed E-state index contributed by atoms with van der Waals surface area (Å²) in [5, 5.41) is -0.561. The fraction of sp³-hybridized carbons (Fsp3) is 0.483. The maximum atomic E-state index is 15.6. The number of aliphatic imine (C=N–C) groups is 1. The summed E-state index contributed by atoms with van der Waals surface area (Å²) >= 11 is 0. The van der Waals surface area contributed by atoms with Gasteiger partial charge in [0.2, 0.25) is 5.91 Å². The molecule has 2 aromatic carbocycles. The van der Waals surface area contributed by atoms with Crippen LogP contribution in [0.4, 0.5) is 4.39 Å². The lowest BCUT2D eigenvalue weighted by Crippen LogP contribution is -2.41. The first-order valence-electron chi connectivity index (χ1n) is 13.4. The molecule has 0 N–H and O–H groups in total. The van der Waals surface area contributed by atoms with E-state index in [4.69, 9.17) is 4.99 Å². The van der Waals surface area contributed by atoms with Gasteiger partial charge in [-0.3, -0.25) is 19.5 Å². The molecule has 0 aromatic heterocycles. The molecule has 3 fully saturated rings. The minimum atomic E-state index is -3.46. The van der Waals surface area contributed by atoms with Gasteiger partial charge in [0.15, 0.2) is 9.84 Å². The Morgan fingerprint density at radius 1 is 1.11 bits per heavy atom. The van der Waals surface area contributed by atoms with Gasteiger partial charge < -0.3 is 4.90 Å². The standard InChI is InChI=1S/C29H32FN3O4S/c1-18(2)38(36,37)23-5-3-4-21(14-23)22-8-9-24(25(30)15-22)26-31-29(11-12-29)28(35)33(26)17-19-10-13-32(16-19)27(34)20-6-7-20/h3-5,8-9,14-15,18-20H,6-7,10-13,16-17H2,1-2H3. The monoisotopic (exact) mass is 537 g/mol. The van der Waals surface area contributed by atoms with E-state index in [1.807, 2.05) is 4.90 Å². The fourth-order valence-electron chi connectivity index (χ4n) is 5.51. The zero-order valence-electron chi connectivity index (χ0n) is 21.7. The molecule has 6 rings (SSSR count). The van der Waals surface area contributed by atoms with Gasteiger partial charge in [-0.15, -0.1) is 0 Å². The van der Waals surface area contributed by atoms with E-state index in [0.717, 1.165) is 19.3 Å². The SMILES string of the molecule is CC(C)S(=O)(=O)c1cccc(-c2ccc(C3=NC4(CC4)C(=O)N3CC3CCN(C(=O)C4CC4)C3)c(F)c2)c1. The van der Waals surface area contributed by atoms with Crippen LogP contribution in [-0.2, 0) is 19.4 Å². The lowest BCUT2D eigenvalue weighted by molar-refractivity contribution is -0.131. The van der Waals surface area contributed by atoms with Crippen molar-refractivity contribution in [2.75, 3.05) is 19.6 Å². The van der Waals surface area contributed by atoms with Gasteiger partial charge in [-0.25, -0.2) is 12.8 Å². The molecule has 0 bridgehead atoms. The van der Waals surface area contributed by atoms with Crippen LogP contribution in [0.1, 0.15) is 51.5 Å². The lowest BCUT2D eigenvalue weighted by atomic mass is 10.0. The molecule has 4 aliphatic rings. The number of hydrogen-bond acceptors (Lipinski definition) is 5. The topological polar surface area (TPSA) is 87.1 Å². The van der Waals surface area contributed by atoms with Crippen molar-refractivity contribution in [2.24, 2.45) is 16.8 Å². The molecule has 2 aliphatic carbocycles. The Bertz CT molecular complexity index is 1460. The number of nitrogens with zero attached hydrogens (tertiary/aromatic N) is 3. The molecule has 1 unspecified atom stereocenters. The van der Waals surface area contributed by atoms with Crippen LogP contribution in [0.2, 0.25) is 0 Å². The molecule has 38 heavy (non-hydrogen) atoms. The predicted octanol–water partition coefficient (Wildman–Crippen LogP) is 4.05. The first kappa shape index (κ1) is 25.2. The highest BCUT2D eigenvalue weighted by Gasteiger charge is 2.58. The third-order valence-corrected chi connectivity index (χ3v) is 10.4. The summed E-state index contributed by atoms with van der Waals surface area (Å²) in [5.41, 5.74) is 0.654. The molecule has 1 spiro atoms. The summed E-state index contributed by atoms with van der Waals surface area (Å²) in [5.74, 6) is 0.307. The van der Waals surface area contributed by atoms with Gasteiger partial charge in [0, 0.05) is 25.6 Å². The highest BCUT2D eigenvalue weighted by Crippen LogP contribution is 2.46. The van der Waals surface area contributed by atoms with E-state index in [0.29, 0.717) is 49.4 Å². The maximum absolute atomic E-state index is 15.6. The number of carbonyl (C=O) groups excluding carboxylic acids is 2. The number of carbonyl (C=O) groups is 2. The number of amidine groups is 1. The minimum Gasteiger partial charge on any atom is -0.342 e. The first-order chi connectivity index (χ1) is 18.1. The smallest absolute Gasteiger partial charge is 0.256 e. The van der Waals surface area contributed by atoms with E-state index in [2.05, 4.69) is 0 Å². The Kier molecular flexibility index (Phi) is 5.98. The van der Waals surface area contributed by atoms with Crippen molar-refractivity contribution in [2.45, 2.75) is 61.6 Å². The molecule has 1 saturated heterocycles. The van der Waals surface area contributed by atoms with Crippen molar-refractivity contribution in [3.05, 3.63) is 53.8 Å². The van der Waals surface area contributed by atoms with Gasteiger partial charge in [0.05, 0.1) is 15.7 Å². The van der Waals surface area contributed by atoms with Crippen molar-refractivity contribution in [1.82, 2.24) is 9.80 Å². The van der Waals surface area contributed by atoms with Crippen LogP contribution < -0.4 is 0 Å². The summed E-state index contributed by atoms with van der Waals surface area (Å²) in [6.07, 6.45) is 4.09. The number of benzene rings is 2. The molecule has 1 atom stereocenters. The Morgan fingerprint density at radius 3 is 2.50 bits per heavy atom. The molecule has 2 aromatic rings. The van der Waals surface area contributed by atoms with Crippen molar-refractivity contribution < 1.29 is 22.4 Å². The van der Waals surface area contributed by atoms with Gasteiger partial charge in [-0.2, -0.15) is 0 Å². The van der Waals surface area contributed by atoms with Crippen LogP contribution in [0, 0.1) is 17.7 Å². The summed E-state index contributed by atoms with van der Waals surface area (Å²) in [6.45, 7) is 5.01. The van der Waals surface area contributed by atoms with Gasteiger partial charge in [-0.1, -0.05) is 18.2 Å². The Labute approximate surface area is 222 Å². The molecular formula is C29H32FN3O4S. The predicted molar refractivity (Wildman–Crippen MR) is 142 cm³/mol. The summed E-state index contributed by atoms with van der Waals surface area (Å²) in [7, 11) is -3.46. The number of likely N-dealkylation sites (tertiary alicyclic amines) is 1. The minimum absolute atomic E-state index is 0.0745. The average molecular weight is 538 g/mol. The van der Waals surface area contributed by atoms with E-state index in [1.54, 1.807) is 55.1 Å². The lowest BCUT2D eigenvalue weighted by Gasteiger charge is -2.24. The molecule has 200 valence electrons. The number of amides is 2. The molecule has 2 saturated carbocycles. The van der Waals surface area contributed by atoms with E-state index in [1.165, 1.54) is 6.07 Å². The third-order valence-electron chi connectivity index (χ3n) is 8.23. The Balaban J connectivity index is 1.25. The number of hydrogen-bond donors (Lipinski definition) is 0. The van der Waals surface area contributed by atoms with Crippen LogP contribution in [0.15, 0.2) is 52.4 Å². The van der Waals surface area contributed by atoms with Crippen LogP contribution >= 0.6 is 0 Å². The Morgan fingerprint density at radius 2 is 1.84 bits per heavy atom. The number of sulfone groups is 1. The van der Waals surface area contributed by atoms with E-state index < -0.39 is 26.4 Å². The quantitative estimate of drug-likeness (QED) is 0.533. The second-order valence-corrected chi connectivity index (χ2v) is 13.9. The van der Waals surface area contributed by atoms with E-state index >= 15 is 4.39 Å². The first-order valence-corrected chi connectivity index (χ1v) is 15.0. The van der Waals surface area contributed by atoms with Crippen molar-refractivity contribution in [3.63, 3.8) is 0 Å². The van der Waals surface area contributed by atoms with Crippen LogP contribution in [0.3, 0.4) is 0 Å². The van der Waals surface area contributed by atoms with Crippen LogP contribution in [-0.4, -0.2) is 66.3 Å². The summed E-state index contributed by atoms with van der Waals surface area (Å²) in [4.78, 5) is 34.3. The molecule has 9 heteroatoms. The second-order valence-electron chi connectivity index (χ2n) is 11.4. The van der Waals surface area contributed by atoms with Crippen LogP contribution in [0.5, 0.6) is 0 Å².